The molecule has 0 saturated heterocycles. The summed E-state index contributed by atoms with van der Waals surface area (Å²) in [6, 6.07) is 7.40. The van der Waals surface area contributed by atoms with Gasteiger partial charge in [-0.1, -0.05) is 49.8 Å². The molecular formula is C35H34F6O3. The average molecular weight is 617 g/mol. The third-order valence-corrected chi connectivity index (χ3v) is 8.61. The highest BCUT2D eigenvalue weighted by Gasteiger charge is 2.26. The van der Waals surface area contributed by atoms with Crippen molar-refractivity contribution < 1.29 is 41.3 Å². The molecule has 3 unspecified atom stereocenters. The number of benzene rings is 3. The summed E-state index contributed by atoms with van der Waals surface area (Å²) < 4.78 is 93.6. The van der Waals surface area contributed by atoms with Crippen molar-refractivity contribution >= 4 is 11.1 Å². The summed E-state index contributed by atoms with van der Waals surface area (Å²) >= 11 is 0. The molecule has 2 aliphatic rings. The monoisotopic (exact) mass is 616 g/mol. The number of rotatable bonds is 9. The van der Waals surface area contributed by atoms with Crippen molar-refractivity contribution in [3.63, 3.8) is 0 Å². The number of halogens is 6. The van der Waals surface area contributed by atoms with Gasteiger partial charge in [0.1, 0.15) is 0 Å². The number of aromatic hydroxyl groups is 1. The summed E-state index contributed by atoms with van der Waals surface area (Å²) in [5, 5.41) is 19.4. The molecule has 0 heterocycles. The molecule has 0 aliphatic heterocycles. The Balaban J connectivity index is 1.17. The second kappa shape index (κ2) is 13.6. The summed E-state index contributed by atoms with van der Waals surface area (Å²) in [7, 11) is 0. The Morgan fingerprint density at radius 2 is 1.25 bits per heavy atom. The zero-order valence-electron chi connectivity index (χ0n) is 24.3. The molecule has 44 heavy (non-hydrogen) atoms. The van der Waals surface area contributed by atoms with Gasteiger partial charge in [-0.2, -0.15) is 4.39 Å². The summed E-state index contributed by atoms with van der Waals surface area (Å²) in [6.45, 7) is 2.34. The lowest BCUT2D eigenvalue weighted by atomic mass is 9.86. The summed E-state index contributed by atoms with van der Waals surface area (Å²) in [5.74, 6) is -8.11. The molecule has 3 atom stereocenters. The molecule has 3 aromatic carbocycles. The Labute approximate surface area is 252 Å². The maximum Gasteiger partial charge on any atom is 0.200 e. The molecular weight excluding hydrogens is 582 g/mol. The van der Waals surface area contributed by atoms with Crippen molar-refractivity contribution in [3.8, 4) is 16.9 Å². The smallest absolute Gasteiger partial charge is 0.200 e. The van der Waals surface area contributed by atoms with Gasteiger partial charge in [0.2, 0.25) is 5.82 Å². The van der Waals surface area contributed by atoms with Gasteiger partial charge in [0.05, 0.1) is 18.8 Å². The molecule has 5 rings (SSSR count). The minimum atomic E-state index is -1.53. The van der Waals surface area contributed by atoms with Gasteiger partial charge in [0.15, 0.2) is 34.8 Å². The van der Waals surface area contributed by atoms with E-state index in [4.69, 9.17) is 4.74 Å². The van der Waals surface area contributed by atoms with Crippen LogP contribution in [0.3, 0.4) is 0 Å². The first-order valence-electron chi connectivity index (χ1n) is 14.9. The Hall–Kier alpha value is -3.56. The molecule has 234 valence electrons. The topological polar surface area (TPSA) is 49.7 Å². The van der Waals surface area contributed by atoms with Crippen LogP contribution in [0, 0.1) is 40.8 Å². The average Bonchev–Trinajstić information content (AvgIpc) is 3.03. The van der Waals surface area contributed by atoms with Gasteiger partial charge >= 0.3 is 0 Å². The van der Waals surface area contributed by atoms with Gasteiger partial charge in [0.25, 0.3) is 0 Å². The van der Waals surface area contributed by atoms with Crippen LogP contribution in [-0.4, -0.2) is 22.9 Å². The zero-order chi connectivity index (χ0) is 31.5. The number of phenols is 1. The van der Waals surface area contributed by atoms with Crippen LogP contribution in [0.2, 0.25) is 0 Å². The second-order valence-corrected chi connectivity index (χ2v) is 11.5. The third-order valence-electron chi connectivity index (χ3n) is 8.61. The minimum Gasteiger partial charge on any atom is -0.505 e. The first kappa shape index (κ1) is 31.9. The van der Waals surface area contributed by atoms with E-state index in [1.165, 1.54) is 24.3 Å². The minimum absolute atomic E-state index is 0.0217. The van der Waals surface area contributed by atoms with E-state index < -0.39 is 57.9 Å². The predicted octanol–water partition coefficient (Wildman–Crippen LogP) is 9.56. The van der Waals surface area contributed by atoms with E-state index in [-0.39, 0.29) is 28.7 Å². The number of hydrogen-bond acceptors (Lipinski definition) is 3. The van der Waals surface area contributed by atoms with E-state index in [1.54, 1.807) is 6.08 Å². The molecule has 2 N–H and O–H groups in total. The molecule has 2 aliphatic carbocycles. The summed E-state index contributed by atoms with van der Waals surface area (Å²) in [4.78, 5) is 0. The summed E-state index contributed by atoms with van der Waals surface area (Å²) in [6.07, 6.45) is 7.03. The van der Waals surface area contributed by atoms with Crippen LogP contribution in [0.5, 0.6) is 5.75 Å². The number of aliphatic hydroxyl groups excluding tert-OH is 1. The maximum atomic E-state index is 15.0. The van der Waals surface area contributed by atoms with Crippen molar-refractivity contribution in [3.05, 3.63) is 100 Å². The largest absolute Gasteiger partial charge is 0.505 e. The number of phenolic OH excluding ortho intramolecular Hbond substituents is 1. The lowest BCUT2D eigenvalue weighted by Crippen LogP contribution is -2.21. The van der Waals surface area contributed by atoms with Crippen molar-refractivity contribution in [2.24, 2.45) is 5.92 Å². The van der Waals surface area contributed by atoms with E-state index >= 15 is 4.39 Å². The fourth-order valence-electron chi connectivity index (χ4n) is 6.01. The van der Waals surface area contributed by atoms with Crippen LogP contribution in [0.25, 0.3) is 22.3 Å². The van der Waals surface area contributed by atoms with Crippen LogP contribution in [0.4, 0.5) is 26.3 Å². The molecule has 0 bridgehead atoms. The van der Waals surface area contributed by atoms with Crippen LogP contribution in [0.1, 0.15) is 81.1 Å². The molecule has 9 heteroatoms. The van der Waals surface area contributed by atoms with Crippen LogP contribution in [-0.2, 0) is 4.74 Å². The lowest BCUT2D eigenvalue weighted by Gasteiger charge is -2.27. The molecule has 0 amide bonds. The molecule has 0 fully saturated rings. The van der Waals surface area contributed by atoms with E-state index in [2.05, 4.69) is 0 Å². The van der Waals surface area contributed by atoms with Gasteiger partial charge in [-0.05, 0) is 74.1 Å². The number of aliphatic hydroxyl groups is 1. The molecule has 3 nitrogen and oxygen atoms in total. The van der Waals surface area contributed by atoms with Gasteiger partial charge in [-0.25, -0.2) is 22.0 Å². The fourth-order valence-corrected chi connectivity index (χ4v) is 6.01. The highest BCUT2D eigenvalue weighted by Crippen LogP contribution is 2.38. The predicted molar refractivity (Wildman–Crippen MR) is 156 cm³/mol. The fraction of sp³-hybridized carbons (Fsp3) is 0.371. The highest BCUT2D eigenvalue weighted by atomic mass is 19.2. The van der Waals surface area contributed by atoms with Gasteiger partial charge < -0.3 is 14.9 Å². The molecule has 0 saturated carbocycles. The molecule has 0 radical (unpaired) electrons. The normalized spacial score (nSPS) is 19.5. The highest BCUT2D eigenvalue weighted by molar-refractivity contribution is 5.73. The zero-order valence-corrected chi connectivity index (χ0v) is 24.3. The SMILES string of the molecule is CCCC(O)c1ccc(C2=CCC(COC3CC=C(c4ccc(-c5ccc(O)c(F)c5F)c(F)c4F)CC3)CC2)c(F)c1F. The van der Waals surface area contributed by atoms with Crippen LogP contribution >= 0.6 is 0 Å². The van der Waals surface area contributed by atoms with Gasteiger partial charge in [-0.3, -0.25) is 0 Å². The van der Waals surface area contributed by atoms with E-state index in [0.717, 1.165) is 24.1 Å². The maximum absolute atomic E-state index is 15.0. The molecule has 3 aromatic rings. The van der Waals surface area contributed by atoms with E-state index in [9.17, 15) is 32.2 Å². The van der Waals surface area contributed by atoms with Gasteiger partial charge in [-0.15, -0.1) is 0 Å². The standard InChI is InChI=1S/C35H34F6O3/c1-2-3-28(42)27-15-13-24(31(37)34(27)40)20-6-4-19(5-7-20)18-44-22-10-8-21(9-11-22)23-12-14-25(32(38)30(23)36)26-16-17-29(43)35(41)33(26)39/h6,8,12-17,19,22,28,42-43H,2-5,7,9-11,18H2,1H3. The summed E-state index contributed by atoms with van der Waals surface area (Å²) in [5.41, 5.74) is 0.640. The van der Waals surface area contributed by atoms with Crippen LogP contribution < -0.4 is 0 Å². The van der Waals surface area contributed by atoms with Crippen molar-refractivity contribution in [2.45, 2.75) is 70.5 Å². The Kier molecular flexibility index (Phi) is 9.85. The van der Waals surface area contributed by atoms with Crippen LogP contribution in [0.15, 0.2) is 48.6 Å². The molecule has 0 aromatic heterocycles. The van der Waals surface area contributed by atoms with Gasteiger partial charge in [0, 0.05) is 27.8 Å². The lowest BCUT2D eigenvalue weighted by molar-refractivity contribution is 0.0233. The Morgan fingerprint density at radius 1 is 0.705 bits per heavy atom. The van der Waals surface area contributed by atoms with E-state index in [0.29, 0.717) is 57.1 Å². The third kappa shape index (κ3) is 6.44. The van der Waals surface area contributed by atoms with Crippen molar-refractivity contribution in [1.82, 2.24) is 0 Å². The van der Waals surface area contributed by atoms with E-state index in [1.807, 2.05) is 13.0 Å². The quantitative estimate of drug-likeness (QED) is 0.236. The van der Waals surface area contributed by atoms with Crippen molar-refractivity contribution in [1.29, 1.82) is 0 Å². The number of ether oxygens (including phenoxy) is 1. The second-order valence-electron chi connectivity index (χ2n) is 11.5. The first-order chi connectivity index (χ1) is 21.1. The van der Waals surface area contributed by atoms with Crippen molar-refractivity contribution in [2.75, 3.05) is 6.61 Å². The molecule has 0 spiro atoms. The Morgan fingerprint density at radius 3 is 1.86 bits per heavy atom. The number of allylic oxidation sites excluding steroid dienone is 3. The first-order valence-corrected chi connectivity index (χ1v) is 14.9. The number of hydrogen-bond donors (Lipinski definition) is 2. The Bertz CT molecular complexity index is 1600.